The summed E-state index contributed by atoms with van der Waals surface area (Å²) < 4.78 is 42.8. The molecule has 3 rings (SSSR count). The van der Waals surface area contributed by atoms with Gasteiger partial charge < -0.3 is 15.4 Å². The van der Waals surface area contributed by atoms with Gasteiger partial charge in [0.05, 0.1) is 12.7 Å². The minimum atomic E-state index is -4.78. The summed E-state index contributed by atoms with van der Waals surface area (Å²) in [6.07, 6.45) is 0.728. The van der Waals surface area contributed by atoms with Crippen LogP contribution >= 0.6 is 0 Å². The number of nitrogens with zero attached hydrogens (tertiary/aromatic N) is 5. The lowest BCUT2D eigenvalue weighted by Crippen LogP contribution is -2.40. The predicted octanol–water partition coefficient (Wildman–Crippen LogP) is 1.81. The number of benzene rings is 1. The first-order valence-corrected chi connectivity index (χ1v) is 11.4. The number of carbonyl (C=O) groups is 2. The van der Waals surface area contributed by atoms with Crippen molar-refractivity contribution >= 4 is 11.8 Å². The van der Waals surface area contributed by atoms with Crippen molar-refractivity contribution in [3.8, 4) is 5.75 Å². The van der Waals surface area contributed by atoms with Crippen LogP contribution in [0.2, 0.25) is 0 Å². The molecule has 0 radical (unpaired) electrons. The van der Waals surface area contributed by atoms with Gasteiger partial charge in [0.25, 0.3) is 5.91 Å². The molecule has 1 aliphatic rings. The Bertz CT molecular complexity index is 1070. The molecule has 0 atom stereocenters. The molecule has 0 aliphatic carbocycles. The van der Waals surface area contributed by atoms with Crippen molar-refractivity contribution in [2.75, 3.05) is 13.6 Å². The molecule has 14 heteroatoms. The van der Waals surface area contributed by atoms with Gasteiger partial charge in [0.15, 0.2) is 0 Å². The Hall–Kier alpha value is -3.81. The van der Waals surface area contributed by atoms with E-state index in [-0.39, 0.29) is 24.1 Å². The summed E-state index contributed by atoms with van der Waals surface area (Å²) in [7, 11) is 1.69. The Kier molecular flexibility index (Phi) is 9.11. The molecule has 0 saturated heterocycles. The average molecular weight is 511 g/mol. The minimum absolute atomic E-state index is 0.0427. The van der Waals surface area contributed by atoms with Gasteiger partial charge in [0, 0.05) is 39.3 Å². The van der Waals surface area contributed by atoms with E-state index >= 15 is 0 Å². The van der Waals surface area contributed by atoms with Crippen LogP contribution in [0.5, 0.6) is 5.75 Å². The number of carbonyl (C=O) groups excluding carboxylic acids is 2. The number of halogens is 3. The number of hydrazine groups is 2. The molecule has 0 unspecified atom stereocenters. The maximum absolute atomic E-state index is 12.6. The van der Waals surface area contributed by atoms with Crippen molar-refractivity contribution < 1.29 is 27.5 Å². The highest BCUT2D eigenvalue weighted by Crippen LogP contribution is 2.23. The summed E-state index contributed by atoms with van der Waals surface area (Å²) in [4.78, 5) is 23.9. The first-order valence-electron chi connectivity index (χ1n) is 11.4. The number of alkyl halides is 3. The van der Waals surface area contributed by atoms with Crippen LogP contribution in [0.3, 0.4) is 0 Å². The maximum atomic E-state index is 12.6. The van der Waals surface area contributed by atoms with Crippen LogP contribution in [0.1, 0.15) is 37.4 Å². The molecule has 1 aromatic carbocycles. The second-order valence-electron chi connectivity index (χ2n) is 8.05. The number of hydrogen-bond acceptors (Lipinski definition) is 8. The van der Waals surface area contributed by atoms with Gasteiger partial charge in [-0.3, -0.25) is 24.3 Å². The zero-order valence-electron chi connectivity index (χ0n) is 20.0. The van der Waals surface area contributed by atoms with Crippen LogP contribution < -0.4 is 20.9 Å². The molecule has 3 N–H and O–H groups in total. The molecule has 1 aliphatic heterocycles. The fourth-order valence-corrected chi connectivity index (χ4v) is 3.36. The number of aromatic nitrogens is 3. The van der Waals surface area contributed by atoms with E-state index < -0.39 is 6.36 Å². The Balaban J connectivity index is 1.40. The molecule has 2 heterocycles. The van der Waals surface area contributed by atoms with E-state index in [0.717, 1.165) is 12.8 Å². The van der Waals surface area contributed by atoms with E-state index in [2.05, 4.69) is 31.2 Å². The monoisotopic (exact) mass is 510 g/mol. The summed E-state index contributed by atoms with van der Waals surface area (Å²) in [5, 5.41) is 16.9. The van der Waals surface area contributed by atoms with E-state index in [9.17, 15) is 22.8 Å². The topological polar surface area (TPSA) is 117 Å². The lowest BCUT2D eigenvalue weighted by Gasteiger charge is -2.20. The van der Waals surface area contributed by atoms with E-state index in [1.807, 2.05) is 0 Å². The molecule has 0 saturated carbocycles. The number of ether oxygens (including phenoxy) is 1. The fourth-order valence-electron chi connectivity index (χ4n) is 3.36. The SMILES string of the molecule is CCC(=O)NCc1cn(CCCCN2C=C(C(=O)NCc3cccc(OC(F)(F)F)c3)N(C)N2)nn1. The van der Waals surface area contributed by atoms with Gasteiger partial charge in [-0.2, -0.15) is 0 Å². The smallest absolute Gasteiger partial charge is 0.406 e. The zero-order valence-corrected chi connectivity index (χ0v) is 20.0. The first-order chi connectivity index (χ1) is 17.1. The van der Waals surface area contributed by atoms with Crippen molar-refractivity contribution in [2.24, 2.45) is 0 Å². The van der Waals surface area contributed by atoms with Crippen LogP contribution in [0.15, 0.2) is 42.4 Å². The van der Waals surface area contributed by atoms with Gasteiger partial charge in [0.1, 0.15) is 17.1 Å². The Morgan fingerprint density at radius 1 is 1.14 bits per heavy atom. The number of nitrogens with one attached hydrogen (secondary N) is 3. The van der Waals surface area contributed by atoms with Crippen molar-refractivity contribution in [3.63, 3.8) is 0 Å². The molecular formula is C22H29F3N8O3. The molecule has 2 aromatic rings. The van der Waals surface area contributed by atoms with Crippen molar-refractivity contribution in [2.45, 2.75) is 52.2 Å². The summed E-state index contributed by atoms with van der Waals surface area (Å²) in [6.45, 7) is 3.46. The Morgan fingerprint density at radius 3 is 2.67 bits per heavy atom. The molecule has 196 valence electrons. The molecule has 1 aromatic heterocycles. The minimum Gasteiger partial charge on any atom is -0.406 e. The summed E-state index contributed by atoms with van der Waals surface area (Å²) >= 11 is 0. The standard InChI is InChI=1S/C22H29F3N8O3/c1-3-20(34)26-13-17-14-32(29-28-17)9-4-5-10-33-15-19(31(2)30-33)21(35)27-12-16-7-6-8-18(11-16)36-22(23,24)25/h6-8,11,14-15,30H,3-5,9-10,12-13H2,1-2H3,(H,26,34)(H,27,35). The van der Waals surface area contributed by atoms with Gasteiger partial charge in [-0.05, 0) is 30.5 Å². The van der Waals surface area contributed by atoms with E-state index in [1.54, 1.807) is 47.1 Å². The number of likely N-dealkylation sites (N-methyl/N-ethyl adjacent to an activating group) is 1. The lowest BCUT2D eigenvalue weighted by atomic mass is 10.2. The second-order valence-corrected chi connectivity index (χ2v) is 8.05. The van der Waals surface area contributed by atoms with Crippen LogP contribution in [0.25, 0.3) is 0 Å². The van der Waals surface area contributed by atoms with Crippen LogP contribution in [-0.2, 0) is 29.2 Å². The number of aryl methyl sites for hydroxylation is 1. The predicted molar refractivity (Wildman–Crippen MR) is 122 cm³/mol. The van der Waals surface area contributed by atoms with E-state index in [0.29, 0.717) is 43.0 Å². The van der Waals surface area contributed by atoms with Crippen molar-refractivity contribution in [3.05, 3.63) is 53.6 Å². The van der Waals surface area contributed by atoms with Crippen LogP contribution in [0, 0.1) is 0 Å². The fraction of sp³-hybridized carbons (Fsp3) is 0.455. The highest BCUT2D eigenvalue weighted by molar-refractivity contribution is 5.92. The summed E-state index contributed by atoms with van der Waals surface area (Å²) in [6, 6.07) is 5.45. The molecule has 11 nitrogen and oxygen atoms in total. The third-order valence-corrected chi connectivity index (χ3v) is 5.15. The van der Waals surface area contributed by atoms with E-state index in [1.165, 1.54) is 18.2 Å². The van der Waals surface area contributed by atoms with Gasteiger partial charge in [-0.15, -0.1) is 23.8 Å². The van der Waals surface area contributed by atoms with Gasteiger partial charge >= 0.3 is 6.36 Å². The number of rotatable bonds is 12. The van der Waals surface area contributed by atoms with E-state index in [4.69, 9.17) is 0 Å². The molecule has 0 fully saturated rings. The molecule has 0 bridgehead atoms. The molecule has 2 amide bonds. The normalized spacial score (nSPS) is 13.5. The number of hydrogen-bond donors (Lipinski definition) is 3. The first kappa shape index (κ1) is 26.8. The Morgan fingerprint density at radius 2 is 1.92 bits per heavy atom. The lowest BCUT2D eigenvalue weighted by molar-refractivity contribution is -0.274. The molecular weight excluding hydrogens is 481 g/mol. The summed E-state index contributed by atoms with van der Waals surface area (Å²) in [5.41, 5.74) is 4.58. The van der Waals surface area contributed by atoms with Crippen molar-refractivity contribution in [1.82, 2.24) is 41.2 Å². The molecule has 36 heavy (non-hydrogen) atoms. The van der Waals surface area contributed by atoms with Crippen molar-refractivity contribution in [1.29, 1.82) is 0 Å². The number of amides is 2. The van der Waals surface area contributed by atoms with Gasteiger partial charge in [-0.1, -0.05) is 24.3 Å². The van der Waals surface area contributed by atoms with Gasteiger partial charge in [0.2, 0.25) is 5.91 Å². The van der Waals surface area contributed by atoms with Crippen LogP contribution in [0.4, 0.5) is 13.2 Å². The zero-order chi connectivity index (χ0) is 26.1. The third kappa shape index (κ3) is 8.45. The Labute approximate surface area is 206 Å². The quantitative estimate of drug-likeness (QED) is 0.370. The number of unbranched alkanes of at least 4 members (excludes halogenated alkanes) is 1. The highest BCUT2D eigenvalue weighted by Gasteiger charge is 2.31. The molecule has 0 spiro atoms. The average Bonchev–Trinajstić information content (AvgIpc) is 3.44. The van der Waals surface area contributed by atoms with Crippen LogP contribution in [-0.4, -0.2) is 56.8 Å². The van der Waals surface area contributed by atoms with Gasteiger partial charge in [-0.25, -0.2) is 0 Å². The largest absolute Gasteiger partial charge is 0.573 e. The maximum Gasteiger partial charge on any atom is 0.573 e. The highest BCUT2D eigenvalue weighted by atomic mass is 19.4. The third-order valence-electron chi connectivity index (χ3n) is 5.15. The second kappa shape index (κ2) is 12.2. The summed E-state index contributed by atoms with van der Waals surface area (Å²) in [5.74, 6) is -0.761.